The van der Waals surface area contributed by atoms with Crippen molar-refractivity contribution in [3.05, 3.63) is 81.5 Å². The Kier molecular flexibility index (Phi) is 5.62. The van der Waals surface area contributed by atoms with Crippen LogP contribution in [-0.4, -0.2) is 29.9 Å². The van der Waals surface area contributed by atoms with Gasteiger partial charge in [-0.2, -0.15) is 0 Å². The number of ether oxygens (including phenoxy) is 1. The van der Waals surface area contributed by atoms with Crippen LogP contribution in [0.4, 0.5) is 5.69 Å². The third kappa shape index (κ3) is 4.66. The van der Waals surface area contributed by atoms with Gasteiger partial charge < -0.3 is 15.0 Å². The standard InChI is InChI=1S/C23H22N2O3S/c1-16-4-8-20(9-5-16)28-15-22(26)24-19-7-6-17-10-11-25(14-18(17)13-19)23(27)21-3-2-12-29-21/h2-9,12-13H,10-11,14-15H2,1H3,(H,24,26). The molecule has 0 bridgehead atoms. The molecule has 5 nitrogen and oxygen atoms in total. The van der Waals surface area contributed by atoms with Crippen molar-refractivity contribution in [2.75, 3.05) is 18.5 Å². The zero-order valence-corrected chi connectivity index (χ0v) is 17.0. The molecule has 0 atom stereocenters. The molecular formula is C23H22N2O3S. The summed E-state index contributed by atoms with van der Waals surface area (Å²) in [6.45, 7) is 3.21. The lowest BCUT2D eigenvalue weighted by Gasteiger charge is -2.29. The van der Waals surface area contributed by atoms with Gasteiger partial charge in [0.25, 0.3) is 11.8 Å². The Labute approximate surface area is 173 Å². The number of aryl methyl sites for hydroxylation is 1. The molecule has 0 aliphatic carbocycles. The minimum atomic E-state index is -0.215. The molecule has 1 N–H and O–H groups in total. The molecular weight excluding hydrogens is 384 g/mol. The van der Waals surface area contributed by atoms with Crippen molar-refractivity contribution >= 4 is 28.8 Å². The molecule has 0 saturated heterocycles. The maximum Gasteiger partial charge on any atom is 0.264 e. The highest BCUT2D eigenvalue weighted by atomic mass is 32.1. The number of benzene rings is 2. The SMILES string of the molecule is Cc1ccc(OCC(=O)Nc2ccc3c(c2)CN(C(=O)c2cccs2)CC3)cc1. The average Bonchev–Trinajstić information content (AvgIpc) is 3.27. The first-order valence-electron chi connectivity index (χ1n) is 9.52. The average molecular weight is 407 g/mol. The number of thiophene rings is 1. The molecule has 2 amide bonds. The lowest BCUT2D eigenvalue weighted by Crippen LogP contribution is -2.35. The minimum Gasteiger partial charge on any atom is -0.484 e. The van der Waals surface area contributed by atoms with Crippen molar-refractivity contribution in [3.63, 3.8) is 0 Å². The monoisotopic (exact) mass is 406 g/mol. The molecule has 2 aromatic carbocycles. The van der Waals surface area contributed by atoms with Crippen LogP contribution in [0.15, 0.2) is 60.0 Å². The van der Waals surface area contributed by atoms with Crippen LogP contribution in [0.2, 0.25) is 0 Å². The molecule has 0 radical (unpaired) electrons. The van der Waals surface area contributed by atoms with Gasteiger partial charge in [-0.25, -0.2) is 0 Å². The number of fused-ring (bicyclic) bond motifs is 1. The zero-order valence-electron chi connectivity index (χ0n) is 16.2. The predicted octanol–water partition coefficient (Wildman–Crippen LogP) is 4.27. The number of hydrogen-bond donors (Lipinski definition) is 1. The number of carbonyl (C=O) groups is 2. The van der Waals surface area contributed by atoms with E-state index in [2.05, 4.69) is 5.32 Å². The summed E-state index contributed by atoms with van der Waals surface area (Å²) in [5, 5.41) is 4.79. The van der Waals surface area contributed by atoms with E-state index in [0.29, 0.717) is 24.5 Å². The van der Waals surface area contributed by atoms with Crippen molar-refractivity contribution in [2.45, 2.75) is 19.9 Å². The quantitative estimate of drug-likeness (QED) is 0.688. The molecule has 29 heavy (non-hydrogen) atoms. The summed E-state index contributed by atoms with van der Waals surface area (Å²) >= 11 is 1.46. The zero-order chi connectivity index (χ0) is 20.2. The maximum atomic E-state index is 12.6. The van der Waals surface area contributed by atoms with Crippen molar-refractivity contribution < 1.29 is 14.3 Å². The number of amides is 2. The molecule has 4 rings (SSSR count). The number of nitrogens with one attached hydrogen (secondary N) is 1. The smallest absolute Gasteiger partial charge is 0.264 e. The van der Waals surface area contributed by atoms with E-state index in [0.717, 1.165) is 22.4 Å². The third-order valence-electron chi connectivity index (χ3n) is 4.91. The van der Waals surface area contributed by atoms with Gasteiger partial charge in [0.15, 0.2) is 6.61 Å². The van der Waals surface area contributed by atoms with Gasteiger partial charge in [0, 0.05) is 18.8 Å². The van der Waals surface area contributed by atoms with Gasteiger partial charge in [-0.05, 0) is 60.2 Å². The van der Waals surface area contributed by atoms with Gasteiger partial charge >= 0.3 is 0 Å². The highest BCUT2D eigenvalue weighted by Crippen LogP contribution is 2.25. The Morgan fingerprint density at radius 2 is 1.93 bits per heavy atom. The van der Waals surface area contributed by atoms with E-state index >= 15 is 0 Å². The Morgan fingerprint density at radius 1 is 1.10 bits per heavy atom. The van der Waals surface area contributed by atoms with E-state index < -0.39 is 0 Å². The summed E-state index contributed by atoms with van der Waals surface area (Å²) in [5.41, 5.74) is 4.14. The first-order chi connectivity index (χ1) is 14.1. The van der Waals surface area contributed by atoms with Crippen LogP contribution in [0.25, 0.3) is 0 Å². The molecule has 6 heteroatoms. The van der Waals surface area contributed by atoms with Crippen LogP contribution in [0.3, 0.4) is 0 Å². The van der Waals surface area contributed by atoms with Crippen LogP contribution in [0.5, 0.6) is 5.75 Å². The number of nitrogens with zero attached hydrogens (tertiary/aromatic N) is 1. The van der Waals surface area contributed by atoms with Gasteiger partial charge in [0.1, 0.15) is 5.75 Å². The highest BCUT2D eigenvalue weighted by Gasteiger charge is 2.22. The third-order valence-corrected chi connectivity index (χ3v) is 5.77. The summed E-state index contributed by atoms with van der Waals surface area (Å²) in [6.07, 6.45) is 0.817. The molecule has 2 heterocycles. The fourth-order valence-corrected chi connectivity index (χ4v) is 4.04. The molecule has 1 aliphatic rings. The number of rotatable bonds is 5. The Hall–Kier alpha value is -3.12. The topological polar surface area (TPSA) is 58.6 Å². The van der Waals surface area contributed by atoms with E-state index in [1.807, 2.05) is 71.8 Å². The fraction of sp³-hybridized carbons (Fsp3) is 0.217. The van der Waals surface area contributed by atoms with E-state index in [9.17, 15) is 9.59 Å². The summed E-state index contributed by atoms with van der Waals surface area (Å²) in [4.78, 5) is 27.5. The minimum absolute atomic E-state index is 0.0524. The van der Waals surface area contributed by atoms with E-state index in [-0.39, 0.29) is 18.4 Å². The van der Waals surface area contributed by atoms with Crippen molar-refractivity contribution in [1.82, 2.24) is 4.90 Å². The highest BCUT2D eigenvalue weighted by molar-refractivity contribution is 7.12. The molecule has 3 aromatic rings. The van der Waals surface area contributed by atoms with Crippen LogP contribution in [0, 0.1) is 6.92 Å². The predicted molar refractivity (Wildman–Crippen MR) is 115 cm³/mol. The van der Waals surface area contributed by atoms with Gasteiger partial charge in [0.05, 0.1) is 4.88 Å². The Bertz CT molecular complexity index is 1010. The molecule has 1 aromatic heterocycles. The van der Waals surface area contributed by atoms with E-state index in [1.165, 1.54) is 16.9 Å². The molecule has 148 valence electrons. The van der Waals surface area contributed by atoms with Gasteiger partial charge in [-0.1, -0.05) is 29.8 Å². The van der Waals surface area contributed by atoms with Gasteiger partial charge in [-0.3, -0.25) is 9.59 Å². The normalized spacial score (nSPS) is 12.9. The summed E-state index contributed by atoms with van der Waals surface area (Å²) in [5.74, 6) is 0.512. The van der Waals surface area contributed by atoms with Crippen LogP contribution in [0.1, 0.15) is 26.4 Å². The van der Waals surface area contributed by atoms with Crippen molar-refractivity contribution in [1.29, 1.82) is 0 Å². The molecule has 0 unspecified atom stereocenters. The van der Waals surface area contributed by atoms with Gasteiger partial charge in [-0.15, -0.1) is 11.3 Å². The fourth-order valence-electron chi connectivity index (χ4n) is 3.34. The van der Waals surface area contributed by atoms with E-state index in [1.54, 1.807) is 0 Å². The lowest BCUT2D eigenvalue weighted by molar-refractivity contribution is -0.118. The van der Waals surface area contributed by atoms with Crippen LogP contribution >= 0.6 is 11.3 Å². The number of hydrogen-bond acceptors (Lipinski definition) is 4. The maximum absolute atomic E-state index is 12.6. The van der Waals surface area contributed by atoms with Crippen molar-refractivity contribution in [2.24, 2.45) is 0 Å². The Morgan fingerprint density at radius 3 is 2.69 bits per heavy atom. The second-order valence-corrected chi connectivity index (χ2v) is 8.04. The first-order valence-corrected chi connectivity index (χ1v) is 10.4. The van der Waals surface area contributed by atoms with Crippen LogP contribution < -0.4 is 10.1 Å². The summed E-state index contributed by atoms with van der Waals surface area (Å²) in [7, 11) is 0. The van der Waals surface area contributed by atoms with Crippen molar-refractivity contribution in [3.8, 4) is 5.75 Å². The van der Waals surface area contributed by atoms with E-state index in [4.69, 9.17) is 4.74 Å². The first kappa shape index (κ1) is 19.2. The lowest BCUT2D eigenvalue weighted by atomic mass is 9.99. The van der Waals surface area contributed by atoms with Gasteiger partial charge in [0.2, 0.25) is 0 Å². The molecule has 1 aliphatic heterocycles. The molecule has 0 saturated carbocycles. The molecule has 0 spiro atoms. The second-order valence-electron chi connectivity index (χ2n) is 7.09. The largest absolute Gasteiger partial charge is 0.484 e. The number of carbonyl (C=O) groups excluding carboxylic acids is 2. The molecule has 0 fully saturated rings. The summed E-state index contributed by atoms with van der Waals surface area (Å²) in [6, 6.07) is 17.2. The summed E-state index contributed by atoms with van der Waals surface area (Å²) < 4.78 is 5.53. The van der Waals surface area contributed by atoms with Crippen LogP contribution in [-0.2, 0) is 17.8 Å². The number of anilines is 1. The Balaban J connectivity index is 1.37. The second kappa shape index (κ2) is 8.49.